The van der Waals surface area contributed by atoms with E-state index in [1.807, 2.05) is 41.3 Å². The normalized spacial score (nSPS) is 14.9. The number of halogens is 1. The van der Waals surface area contributed by atoms with E-state index in [-0.39, 0.29) is 5.91 Å². The first-order chi connectivity index (χ1) is 15.0. The van der Waals surface area contributed by atoms with E-state index in [0.29, 0.717) is 37.0 Å². The molecular formula is C24H25ClN4O2. The van der Waals surface area contributed by atoms with Crippen molar-refractivity contribution in [2.24, 2.45) is 0 Å². The summed E-state index contributed by atoms with van der Waals surface area (Å²) < 4.78 is 5.78. The van der Waals surface area contributed by atoms with Gasteiger partial charge in [-0.3, -0.25) is 4.79 Å². The van der Waals surface area contributed by atoms with Crippen LogP contribution in [0.15, 0.2) is 60.7 Å². The number of benzene rings is 2. The van der Waals surface area contributed by atoms with E-state index in [0.717, 1.165) is 17.1 Å². The topological polar surface area (TPSA) is 58.6 Å². The van der Waals surface area contributed by atoms with Gasteiger partial charge < -0.3 is 14.5 Å². The molecule has 1 aliphatic rings. The molecule has 160 valence electrons. The Kier molecular flexibility index (Phi) is 6.37. The van der Waals surface area contributed by atoms with Crippen molar-refractivity contribution in [3.8, 4) is 17.0 Å². The smallest absolute Gasteiger partial charge is 0.263 e. The lowest BCUT2D eigenvalue weighted by molar-refractivity contribution is -0.138. The molecule has 1 atom stereocenters. The third kappa shape index (κ3) is 4.80. The minimum absolute atomic E-state index is 0.0412. The van der Waals surface area contributed by atoms with Crippen LogP contribution in [0, 0.1) is 6.92 Å². The van der Waals surface area contributed by atoms with Crippen LogP contribution >= 0.6 is 11.6 Å². The molecule has 6 nitrogen and oxygen atoms in total. The summed E-state index contributed by atoms with van der Waals surface area (Å²) in [6.45, 7) is 6.43. The number of amides is 1. The second kappa shape index (κ2) is 9.35. The highest BCUT2D eigenvalue weighted by molar-refractivity contribution is 6.32. The molecule has 2 aromatic carbocycles. The zero-order chi connectivity index (χ0) is 21.8. The fourth-order valence-electron chi connectivity index (χ4n) is 3.69. The van der Waals surface area contributed by atoms with Gasteiger partial charge >= 0.3 is 0 Å². The van der Waals surface area contributed by atoms with Gasteiger partial charge in [0.2, 0.25) is 0 Å². The van der Waals surface area contributed by atoms with Crippen LogP contribution in [0.2, 0.25) is 5.02 Å². The SMILES string of the molecule is Cc1ccccc1-c1ccc(N2CCN(C(=O)C(C)Oc3ccccc3Cl)CC2)nn1. The summed E-state index contributed by atoms with van der Waals surface area (Å²) in [6.07, 6.45) is -0.598. The average Bonchev–Trinajstić information content (AvgIpc) is 2.81. The van der Waals surface area contributed by atoms with Crippen molar-refractivity contribution in [3.05, 3.63) is 71.2 Å². The van der Waals surface area contributed by atoms with Gasteiger partial charge in [0.1, 0.15) is 5.75 Å². The van der Waals surface area contributed by atoms with Gasteiger partial charge in [-0.15, -0.1) is 10.2 Å². The van der Waals surface area contributed by atoms with E-state index < -0.39 is 6.10 Å². The quantitative estimate of drug-likeness (QED) is 0.599. The Morgan fingerprint density at radius 1 is 0.968 bits per heavy atom. The van der Waals surface area contributed by atoms with Crippen molar-refractivity contribution in [2.75, 3.05) is 31.1 Å². The standard InChI is InChI=1S/C24H25ClN4O2/c1-17-7-3-4-8-19(17)21-11-12-23(27-26-21)28-13-15-29(16-14-28)24(30)18(2)31-22-10-6-5-9-20(22)25/h3-12,18H,13-16H2,1-2H3. The number of ether oxygens (including phenoxy) is 1. The highest BCUT2D eigenvalue weighted by Crippen LogP contribution is 2.25. The van der Waals surface area contributed by atoms with Gasteiger partial charge in [-0.1, -0.05) is 48.0 Å². The summed E-state index contributed by atoms with van der Waals surface area (Å²) in [7, 11) is 0. The van der Waals surface area contributed by atoms with Gasteiger partial charge in [0, 0.05) is 31.7 Å². The van der Waals surface area contributed by atoms with Crippen LogP contribution in [-0.4, -0.2) is 53.3 Å². The Bertz CT molecular complexity index is 1050. The van der Waals surface area contributed by atoms with Gasteiger partial charge in [0.25, 0.3) is 5.91 Å². The number of nitrogens with zero attached hydrogens (tertiary/aromatic N) is 4. The monoisotopic (exact) mass is 436 g/mol. The minimum atomic E-state index is -0.598. The van der Waals surface area contributed by atoms with Crippen LogP contribution < -0.4 is 9.64 Å². The Labute approximate surface area is 187 Å². The molecule has 1 amide bonds. The zero-order valence-electron chi connectivity index (χ0n) is 17.7. The lowest BCUT2D eigenvalue weighted by Crippen LogP contribution is -2.52. The summed E-state index contributed by atoms with van der Waals surface area (Å²) in [5, 5.41) is 9.34. The van der Waals surface area contributed by atoms with E-state index in [1.54, 1.807) is 19.1 Å². The summed E-state index contributed by atoms with van der Waals surface area (Å²) in [4.78, 5) is 16.8. The molecule has 0 aliphatic carbocycles. The Morgan fingerprint density at radius 3 is 2.35 bits per heavy atom. The lowest BCUT2D eigenvalue weighted by Gasteiger charge is -2.36. The number of aromatic nitrogens is 2. The molecule has 0 saturated carbocycles. The van der Waals surface area contributed by atoms with Crippen molar-refractivity contribution < 1.29 is 9.53 Å². The predicted octanol–water partition coefficient (Wildman–Crippen LogP) is 4.22. The van der Waals surface area contributed by atoms with Gasteiger partial charge in [-0.05, 0) is 43.7 Å². The van der Waals surface area contributed by atoms with Gasteiger partial charge in [0.05, 0.1) is 10.7 Å². The number of rotatable bonds is 5. The number of carbonyl (C=O) groups is 1. The summed E-state index contributed by atoms with van der Waals surface area (Å²) in [5.41, 5.74) is 3.12. The maximum atomic E-state index is 12.8. The number of anilines is 1. The Morgan fingerprint density at radius 2 is 1.68 bits per heavy atom. The molecule has 31 heavy (non-hydrogen) atoms. The summed E-state index contributed by atoms with van der Waals surface area (Å²) >= 11 is 6.14. The van der Waals surface area contributed by atoms with E-state index >= 15 is 0 Å². The molecule has 0 bridgehead atoms. The lowest BCUT2D eigenvalue weighted by atomic mass is 10.1. The maximum Gasteiger partial charge on any atom is 0.263 e. The first-order valence-electron chi connectivity index (χ1n) is 10.4. The molecule has 1 saturated heterocycles. The number of carbonyl (C=O) groups excluding carboxylic acids is 1. The minimum Gasteiger partial charge on any atom is -0.479 e. The maximum absolute atomic E-state index is 12.8. The van der Waals surface area contributed by atoms with Gasteiger partial charge in [-0.2, -0.15) is 0 Å². The number of para-hydroxylation sites is 1. The number of hydrogen-bond acceptors (Lipinski definition) is 5. The molecule has 0 spiro atoms. The van der Waals surface area contributed by atoms with Crippen molar-refractivity contribution in [1.82, 2.24) is 15.1 Å². The summed E-state index contributed by atoms with van der Waals surface area (Å²) in [6, 6.07) is 19.3. The van der Waals surface area contributed by atoms with Crippen LogP contribution in [0.4, 0.5) is 5.82 Å². The molecule has 3 aromatic rings. The second-order valence-electron chi connectivity index (χ2n) is 7.59. The fraction of sp³-hybridized carbons (Fsp3) is 0.292. The summed E-state index contributed by atoms with van der Waals surface area (Å²) in [5.74, 6) is 1.30. The van der Waals surface area contributed by atoms with E-state index in [1.165, 1.54) is 5.56 Å². The number of piperazine rings is 1. The van der Waals surface area contributed by atoms with Crippen LogP contribution in [0.3, 0.4) is 0 Å². The van der Waals surface area contributed by atoms with Crippen molar-refractivity contribution in [2.45, 2.75) is 20.0 Å². The second-order valence-corrected chi connectivity index (χ2v) is 8.00. The molecular weight excluding hydrogens is 412 g/mol. The largest absolute Gasteiger partial charge is 0.479 e. The third-order valence-corrected chi connectivity index (χ3v) is 5.79. The van der Waals surface area contributed by atoms with Crippen molar-refractivity contribution >= 4 is 23.3 Å². The van der Waals surface area contributed by atoms with Crippen LogP contribution in [0.25, 0.3) is 11.3 Å². The Balaban J connectivity index is 1.34. The highest BCUT2D eigenvalue weighted by Gasteiger charge is 2.27. The van der Waals surface area contributed by atoms with Gasteiger partial charge in [-0.25, -0.2) is 0 Å². The van der Waals surface area contributed by atoms with E-state index in [2.05, 4.69) is 34.2 Å². The molecule has 0 N–H and O–H groups in total. The van der Waals surface area contributed by atoms with Crippen LogP contribution in [0.1, 0.15) is 12.5 Å². The molecule has 2 heterocycles. The third-order valence-electron chi connectivity index (χ3n) is 5.47. The molecule has 1 fully saturated rings. The van der Waals surface area contributed by atoms with Crippen molar-refractivity contribution in [3.63, 3.8) is 0 Å². The molecule has 7 heteroatoms. The van der Waals surface area contributed by atoms with E-state index in [9.17, 15) is 4.79 Å². The number of aryl methyl sites for hydroxylation is 1. The Hall–Kier alpha value is -3.12. The van der Waals surface area contributed by atoms with Crippen molar-refractivity contribution in [1.29, 1.82) is 0 Å². The molecule has 0 radical (unpaired) electrons. The first kappa shape index (κ1) is 21.1. The average molecular weight is 437 g/mol. The first-order valence-corrected chi connectivity index (χ1v) is 10.8. The molecule has 1 aromatic heterocycles. The van der Waals surface area contributed by atoms with E-state index in [4.69, 9.17) is 16.3 Å². The molecule has 4 rings (SSSR count). The molecule has 1 aliphatic heterocycles. The van der Waals surface area contributed by atoms with Gasteiger partial charge in [0.15, 0.2) is 11.9 Å². The predicted molar refractivity (Wildman–Crippen MR) is 123 cm³/mol. The molecule has 1 unspecified atom stereocenters. The van der Waals surface area contributed by atoms with Crippen LogP contribution in [-0.2, 0) is 4.79 Å². The fourth-order valence-corrected chi connectivity index (χ4v) is 3.87. The van der Waals surface area contributed by atoms with Crippen LogP contribution in [0.5, 0.6) is 5.75 Å². The number of hydrogen-bond donors (Lipinski definition) is 0. The highest BCUT2D eigenvalue weighted by atomic mass is 35.5. The zero-order valence-corrected chi connectivity index (χ0v) is 18.4.